The number of nitrogens with one attached hydrogen (secondary N) is 1. The summed E-state index contributed by atoms with van der Waals surface area (Å²) in [6, 6.07) is 4.05. The summed E-state index contributed by atoms with van der Waals surface area (Å²) in [5.41, 5.74) is 0. The molecule has 3 rings (SSSR count). The lowest BCUT2D eigenvalue weighted by atomic mass is 9.86. The maximum absolute atomic E-state index is 11.8. The van der Waals surface area contributed by atoms with Crippen molar-refractivity contribution in [2.45, 2.75) is 38.5 Å². The molecule has 1 amide bonds. The normalized spacial score (nSPS) is 26.1. The Balaban J connectivity index is 1.28. The van der Waals surface area contributed by atoms with Crippen LogP contribution in [0.15, 0.2) is 17.5 Å². The Morgan fingerprint density at radius 1 is 1.32 bits per heavy atom. The van der Waals surface area contributed by atoms with Crippen LogP contribution in [0.2, 0.25) is 0 Å². The van der Waals surface area contributed by atoms with Crippen LogP contribution in [0.3, 0.4) is 0 Å². The van der Waals surface area contributed by atoms with Crippen molar-refractivity contribution >= 4 is 23.2 Å². The summed E-state index contributed by atoms with van der Waals surface area (Å²) in [4.78, 5) is 24.7. The first-order valence-corrected chi connectivity index (χ1v) is 9.03. The van der Waals surface area contributed by atoms with Crippen LogP contribution < -0.4 is 5.32 Å². The first-order valence-electron chi connectivity index (χ1n) is 8.15. The molecule has 1 aromatic heterocycles. The van der Waals surface area contributed by atoms with Crippen LogP contribution in [0, 0.1) is 17.8 Å². The van der Waals surface area contributed by atoms with E-state index in [9.17, 15) is 9.59 Å². The minimum absolute atomic E-state index is 0.149. The van der Waals surface area contributed by atoms with E-state index in [-0.39, 0.29) is 18.5 Å². The number of carbonyl (C=O) groups excluding carboxylic acids is 2. The number of ether oxygens (including phenoxy) is 1. The van der Waals surface area contributed by atoms with Crippen LogP contribution in [0.5, 0.6) is 0 Å². The fourth-order valence-electron chi connectivity index (χ4n) is 3.88. The molecule has 1 heterocycles. The highest BCUT2D eigenvalue weighted by Gasteiger charge is 2.40. The summed E-state index contributed by atoms with van der Waals surface area (Å²) in [7, 11) is 0. The second-order valence-electron chi connectivity index (χ2n) is 6.48. The summed E-state index contributed by atoms with van der Waals surface area (Å²) < 4.78 is 5.11. The summed E-state index contributed by atoms with van der Waals surface area (Å²) in [5.74, 6) is 1.62. The molecule has 5 heteroatoms. The molecule has 2 aliphatic rings. The van der Waals surface area contributed by atoms with Gasteiger partial charge in [0.05, 0.1) is 0 Å². The molecule has 4 nitrogen and oxygen atoms in total. The third kappa shape index (κ3) is 4.09. The summed E-state index contributed by atoms with van der Waals surface area (Å²) in [6.07, 6.45) is 6.38. The molecule has 22 heavy (non-hydrogen) atoms. The molecule has 0 radical (unpaired) electrons. The van der Waals surface area contributed by atoms with Crippen molar-refractivity contribution in [3.63, 3.8) is 0 Å². The zero-order chi connectivity index (χ0) is 15.4. The van der Waals surface area contributed by atoms with Gasteiger partial charge < -0.3 is 10.1 Å². The average Bonchev–Trinajstić information content (AvgIpc) is 3.22. The lowest BCUT2D eigenvalue weighted by Gasteiger charge is -2.20. The molecule has 0 aliphatic heterocycles. The standard InChI is InChI=1S/C17H23NO3S/c19-16(18-6-5-15-2-1-7-22-15)11-21-17(20)10-14-9-12-3-4-13(14)8-12/h1-2,7,12-14H,3-6,8-11H2,(H,18,19)/t12-,13-,14+/m0/s1. The van der Waals surface area contributed by atoms with E-state index < -0.39 is 0 Å². The van der Waals surface area contributed by atoms with E-state index >= 15 is 0 Å². The highest BCUT2D eigenvalue weighted by atomic mass is 32.1. The monoisotopic (exact) mass is 321 g/mol. The molecule has 2 fully saturated rings. The van der Waals surface area contributed by atoms with Crippen molar-refractivity contribution in [3.8, 4) is 0 Å². The average molecular weight is 321 g/mol. The first kappa shape index (κ1) is 15.5. The Bertz CT molecular complexity index is 514. The van der Waals surface area contributed by atoms with Crippen LogP contribution in [-0.2, 0) is 20.7 Å². The molecule has 3 atom stereocenters. The van der Waals surface area contributed by atoms with Gasteiger partial charge in [-0.2, -0.15) is 0 Å². The van der Waals surface area contributed by atoms with Crippen molar-refractivity contribution in [2.75, 3.05) is 13.2 Å². The van der Waals surface area contributed by atoms with Gasteiger partial charge in [-0.05, 0) is 54.9 Å². The van der Waals surface area contributed by atoms with Crippen LogP contribution in [0.1, 0.15) is 37.0 Å². The van der Waals surface area contributed by atoms with E-state index in [2.05, 4.69) is 5.32 Å². The third-order valence-electron chi connectivity index (χ3n) is 4.95. The lowest BCUT2D eigenvalue weighted by Crippen LogP contribution is -2.30. The van der Waals surface area contributed by atoms with Crippen LogP contribution in [0.4, 0.5) is 0 Å². The van der Waals surface area contributed by atoms with E-state index in [4.69, 9.17) is 4.74 Å². The van der Waals surface area contributed by atoms with Gasteiger partial charge in [-0.3, -0.25) is 9.59 Å². The zero-order valence-electron chi connectivity index (χ0n) is 12.8. The molecule has 2 saturated carbocycles. The number of esters is 1. The largest absolute Gasteiger partial charge is 0.456 e. The van der Waals surface area contributed by atoms with Crippen molar-refractivity contribution in [2.24, 2.45) is 17.8 Å². The molecule has 2 aliphatic carbocycles. The molecule has 0 unspecified atom stereocenters. The smallest absolute Gasteiger partial charge is 0.306 e. The number of hydrogen-bond donors (Lipinski definition) is 1. The third-order valence-corrected chi connectivity index (χ3v) is 5.89. The van der Waals surface area contributed by atoms with Gasteiger partial charge in [0.1, 0.15) is 0 Å². The number of fused-ring (bicyclic) bond motifs is 2. The van der Waals surface area contributed by atoms with Crippen LogP contribution in [0.25, 0.3) is 0 Å². The molecule has 2 bridgehead atoms. The molecule has 1 N–H and O–H groups in total. The predicted molar refractivity (Wildman–Crippen MR) is 85.5 cm³/mol. The van der Waals surface area contributed by atoms with E-state index in [1.165, 1.54) is 30.6 Å². The molecule has 120 valence electrons. The number of thiophene rings is 1. The van der Waals surface area contributed by atoms with Crippen molar-refractivity contribution < 1.29 is 14.3 Å². The Morgan fingerprint density at radius 3 is 2.91 bits per heavy atom. The number of carbonyl (C=O) groups is 2. The van der Waals surface area contributed by atoms with E-state index in [0.717, 1.165) is 18.3 Å². The van der Waals surface area contributed by atoms with Crippen molar-refractivity contribution in [3.05, 3.63) is 22.4 Å². The topological polar surface area (TPSA) is 55.4 Å². The maximum atomic E-state index is 11.8. The first-order chi connectivity index (χ1) is 10.7. The Morgan fingerprint density at radius 2 is 2.23 bits per heavy atom. The minimum Gasteiger partial charge on any atom is -0.456 e. The highest BCUT2D eigenvalue weighted by Crippen LogP contribution is 2.49. The number of hydrogen-bond acceptors (Lipinski definition) is 4. The SMILES string of the molecule is O=C(COC(=O)C[C@H]1C[C@H]2CC[C@H]1C2)NCCc1cccs1. The Labute approximate surface area is 135 Å². The van der Waals surface area contributed by atoms with Gasteiger partial charge in [0.2, 0.25) is 0 Å². The lowest BCUT2D eigenvalue weighted by molar-refractivity contribution is -0.149. The summed E-state index contributed by atoms with van der Waals surface area (Å²) in [5, 5.41) is 4.81. The molecular formula is C17H23NO3S. The fourth-order valence-corrected chi connectivity index (χ4v) is 4.59. The van der Waals surface area contributed by atoms with Gasteiger partial charge in [-0.25, -0.2) is 0 Å². The second kappa shape index (κ2) is 7.27. The van der Waals surface area contributed by atoms with E-state index in [1.807, 2.05) is 17.5 Å². The van der Waals surface area contributed by atoms with Crippen molar-refractivity contribution in [1.29, 1.82) is 0 Å². The molecule has 1 aromatic rings. The Hall–Kier alpha value is -1.36. The molecule has 0 saturated heterocycles. The van der Waals surface area contributed by atoms with Gasteiger partial charge in [-0.15, -0.1) is 11.3 Å². The van der Waals surface area contributed by atoms with Gasteiger partial charge >= 0.3 is 5.97 Å². The maximum Gasteiger partial charge on any atom is 0.306 e. The minimum atomic E-state index is -0.217. The molecule has 0 aromatic carbocycles. The summed E-state index contributed by atoms with van der Waals surface area (Å²) >= 11 is 1.68. The number of rotatable bonds is 7. The number of amides is 1. The predicted octanol–water partition coefficient (Wildman–Crippen LogP) is 2.78. The fraction of sp³-hybridized carbons (Fsp3) is 0.647. The van der Waals surface area contributed by atoms with Gasteiger partial charge in [-0.1, -0.05) is 12.5 Å². The van der Waals surface area contributed by atoms with E-state index in [0.29, 0.717) is 18.9 Å². The highest BCUT2D eigenvalue weighted by molar-refractivity contribution is 7.09. The molecular weight excluding hydrogens is 298 g/mol. The Kier molecular flexibility index (Phi) is 5.13. The second-order valence-corrected chi connectivity index (χ2v) is 7.51. The van der Waals surface area contributed by atoms with E-state index in [1.54, 1.807) is 11.3 Å². The van der Waals surface area contributed by atoms with Crippen LogP contribution in [-0.4, -0.2) is 25.0 Å². The van der Waals surface area contributed by atoms with Gasteiger partial charge in [0, 0.05) is 17.8 Å². The quantitative estimate of drug-likeness (QED) is 0.786. The van der Waals surface area contributed by atoms with Crippen molar-refractivity contribution in [1.82, 2.24) is 5.32 Å². The van der Waals surface area contributed by atoms with Gasteiger partial charge in [0.25, 0.3) is 5.91 Å². The van der Waals surface area contributed by atoms with Crippen LogP contribution >= 0.6 is 11.3 Å². The zero-order valence-corrected chi connectivity index (χ0v) is 13.6. The summed E-state index contributed by atoms with van der Waals surface area (Å²) in [6.45, 7) is 0.438. The van der Waals surface area contributed by atoms with Gasteiger partial charge in [0.15, 0.2) is 6.61 Å². The molecule has 0 spiro atoms.